The van der Waals surface area contributed by atoms with E-state index >= 15 is 0 Å². The van der Waals surface area contributed by atoms with Crippen molar-refractivity contribution in [1.82, 2.24) is 19.7 Å². The van der Waals surface area contributed by atoms with Crippen LogP contribution in [0.2, 0.25) is 0 Å². The fourth-order valence-corrected chi connectivity index (χ4v) is 3.28. The lowest BCUT2D eigenvalue weighted by molar-refractivity contribution is -0.136. The summed E-state index contributed by atoms with van der Waals surface area (Å²) in [6.07, 6.45) is 2.26. The molecule has 0 saturated carbocycles. The van der Waals surface area contributed by atoms with Gasteiger partial charge in [-0.3, -0.25) is 9.36 Å². The number of hydrogen-bond donors (Lipinski definition) is 1. The highest BCUT2D eigenvalue weighted by molar-refractivity contribution is 5.79. The van der Waals surface area contributed by atoms with Crippen LogP contribution < -0.4 is 4.90 Å². The number of amides is 1. The number of aliphatic hydroxyl groups is 1. The Morgan fingerprint density at radius 2 is 1.88 bits per heavy atom. The van der Waals surface area contributed by atoms with Crippen LogP contribution >= 0.6 is 0 Å². The van der Waals surface area contributed by atoms with Crippen molar-refractivity contribution in [2.24, 2.45) is 5.92 Å². The Kier molecular flexibility index (Phi) is 7.64. The van der Waals surface area contributed by atoms with Crippen molar-refractivity contribution in [3.63, 3.8) is 0 Å². The van der Waals surface area contributed by atoms with Gasteiger partial charge in [-0.05, 0) is 12.8 Å². The number of methoxy groups -OCH3 is 1. The predicted octanol–water partition coefficient (Wildman–Crippen LogP) is 0.544. The maximum Gasteiger partial charge on any atom is 0.227 e. The van der Waals surface area contributed by atoms with E-state index in [1.165, 1.54) is 0 Å². The van der Waals surface area contributed by atoms with Crippen LogP contribution in [0, 0.1) is 5.92 Å². The largest absolute Gasteiger partial charge is 0.396 e. The SMILES string of the molecule is CCC(CC)C(=O)N1CCN(c2nnc(CCO)n2CCOC)CC1. The van der Waals surface area contributed by atoms with E-state index in [9.17, 15) is 9.90 Å². The molecule has 1 fully saturated rings. The van der Waals surface area contributed by atoms with Crippen molar-refractivity contribution in [3.8, 4) is 0 Å². The molecule has 0 aromatic carbocycles. The molecule has 8 nitrogen and oxygen atoms in total. The summed E-state index contributed by atoms with van der Waals surface area (Å²) in [6, 6.07) is 0. The van der Waals surface area contributed by atoms with E-state index in [1.54, 1.807) is 7.11 Å². The number of rotatable bonds is 9. The van der Waals surface area contributed by atoms with Gasteiger partial charge in [-0.25, -0.2) is 0 Å². The van der Waals surface area contributed by atoms with Gasteiger partial charge in [-0.2, -0.15) is 0 Å². The minimum absolute atomic E-state index is 0.0445. The Hall–Kier alpha value is -1.67. The quantitative estimate of drug-likeness (QED) is 0.698. The fraction of sp³-hybridized carbons (Fsp3) is 0.824. The van der Waals surface area contributed by atoms with E-state index < -0.39 is 0 Å². The normalized spacial score (nSPS) is 15.2. The number of ether oxygens (including phenoxy) is 1. The molecule has 25 heavy (non-hydrogen) atoms. The van der Waals surface area contributed by atoms with Gasteiger partial charge in [0.1, 0.15) is 5.82 Å². The van der Waals surface area contributed by atoms with Gasteiger partial charge in [0, 0.05) is 45.6 Å². The van der Waals surface area contributed by atoms with Crippen LogP contribution in [0.3, 0.4) is 0 Å². The van der Waals surface area contributed by atoms with Crippen LogP contribution in [0.4, 0.5) is 5.95 Å². The maximum atomic E-state index is 12.5. The zero-order chi connectivity index (χ0) is 18.2. The van der Waals surface area contributed by atoms with Crippen LogP contribution in [-0.4, -0.2) is 77.2 Å². The summed E-state index contributed by atoms with van der Waals surface area (Å²) in [7, 11) is 1.66. The maximum absolute atomic E-state index is 12.5. The first-order valence-corrected chi connectivity index (χ1v) is 9.21. The number of hydrogen-bond acceptors (Lipinski definition) is 6. The number of nitrogens with zero attached hydrogens (tertiary/aromatic N) is 5. The Morgan fingerprint density at radius 1 is 1.20 bits per heavy atom. The highest BCUT2D eigenvalue weighted by Gasteiger charge is 2.27. The van der Waals surface area contributed by atoms with Crippen LogP contribution in [0.1, 0.15) is 32.5 Å². The van der Waals surface area contributed by atoms with Gasteiger partial charge >= 0.3 is 0 Å². The van der Waals surface area contributed by atoms with Crippen LogP contribution in [0.5, 0.6) is 0 Å². The molecule has 1 saturated heterocycles. The highest BCUT2D eigenvalue weighted by Crippen LogP contribution is 2.19. The van der Waals surface area contributed by atoms with E-state index in [0.29, 0.717) is 32.7 Å². The Labute approximate surface area is 149 Å². The molecular formula is C17H31N5O3. The van der Waals surface area contributed by atoms with E-state index in [1.807, 2.05) is 9.47 Å². The Morgan fingerprint density at radius 3 is 2.44 bits per heavy atom. The minimum atomic E-state index is 0.0445. The van der Waals surface area contributed by atoms with E-state index in [2.05, 4.69) is 28.9 Å². The first-order chi connectivity index (χ1) is 12.2. The van der Waals surface area contributed by atoms with Gasteiger partial charge in [-0.15, -0.1) is 10.2 Å². The minimum Gasteiger partial charge on any atom is -0.396 e. The van der Waals surface area contributed by atoms with Crippen molar-refractivity contribution in [2.45, 2.75) is 39.7 Å². The molecule has 0 bridgehead atoms. The van der Waals surface area contributed by atoms with Crippen molar-refractivity contribution >= 4 is 11.9 Å². The Bertz CT molecular complexity index is 536. The number of aromatic nitrogens is 3. The molecule has 0 spiro atoms. The van der Waals surface area contributed by atoms with Gasteiger partial charge in [0.2, 0.25) is 11.9 Å². The van der Waals surface area contributed by atoms with Crippen molar-refractivity contribution in [3.05, 3.63) is 5.82 Å². The lowest BCUT2D eigenvalue weighted by Crippen LogP contribution is -2.51. The number of carbonyl (C=O) groups excluding carboxylic acids is 1. The van der Waals surface area contributed by atoms with Crippen LogP contribution in [0.25, 0.3) is 0 Å². The summed E-state index contributed by atoms with van der Waals surface area (Å²) in [4.78, 5) is 16.7. The summed E-state index contributed by atoms with van der Waals surface area (Å²) in [5, 5.41) is 17.7. The first kappa shape index (κ1) is 19.7. The second-order valence-corrected chi connectivity index (χ2v) is 6.36. The van der Waals surface area contributed by atoms with Gasteiger partial charge in [0.05, 0.1) is 19.8 Å². The van der Waals surface area contributed by atoms with Gasteiger partial charge in [0.15, 0.2) is 0 Å². The molecule has 0 radical (unpaired) electrons. The molecule has 142 valence electrons. The monoisotopic (exact) mass is 353 g/mol. The van der Waals surface area contributed by atoms with Crippen molar-refractivity contribution < 1.29 is 14.6 Å². The molecule has 2 heterocycles. The number of piperazine rings is 1. The van der Waals surface area contributed by atoms with E-state index in [4.69, 9.17) is 4.74 Å². The molecule has 1 aromatic rings. The second-order valence-electron chi connectivity index (χ2n) is 6.36. The molecule has 0 atom stereocenters. The summed E-state index contributed by atoms with van der Waals surface area (Å²) in [6.45, 7) is 8.32. The van der Waals surface area contributed by atoms with Crippen molar-refractivity contribution in [2.75, 3.05) is 51.4 Å². The summed E-state index contributed by atoms with van der Waals surface area (Å²) in [5.74, 6) is 1.97. The molecule has 1 aromatic heterocycles. The third-order valence-corrected chi connectivity index (χ3v) is 4.87. The third kappa shape index (κ3) is 4.70. The summed E-state index contributed by atoms with van der Waals surface area (Å²) in [5.41, 5.74) is 0. The molecule has 2 rings (SSSR count). The number of aliphatic hydroxyl groups excluding tert-OH is 1. The Balaban J connectivity index is 2.03. The highest BCUT2D eigenvalue weighted by atomic mass is 16.5. The third-order valence-electron chi connectivity index (χ3n) is 4.87. The molecule has 0 aliphatic carbocycles. The predicted molar refractivity (Wildman–Crippen MR) is 95.6 cm³/mol. The molecule has 8 heteroatoms. The summed E-state index contributed by atoms with van der Waals surface area (Å²) < 4.78 is 7.19. The average Bonchev–Trinajstić information content (AvgIpc) is 3.04. The van der Waals surface area contributed by atoms with E-state index in [-0.39, 0.29) is 18.4 Å². The topological polar surface area (TPSA) is 83.7 Å². The standard InChI is InChI=1S/C17H31N5O3/c1-4-14(5-2)16(24)20-7-9-21(10-8-20)17-19-18-15(6-12-23)22(17)11-13-25-3/h14,23H,4-13H2,1-3H3. The molecule has 1 N–H and O–H groups in total. The first-order valence-electron chi connectivity index (χ1n) is 9.21. The molecule has 1 aliphatic rings. The molecule has 0 unspecified atom stereocenters. The average molecular weight is 353 g/mol. The zero-order valence-corrected chi connectivity index (χ0v) is 15.6. The van der Waals surface area contributed by atoms with Gasteiger partial charge < -0.3 is 19.6 Å². The number of carbonyl (C=O) groups is 1. The molecular weight excluding hydrogens is 322 g/mol. The smallest absolute Gasteiger partial charge is 0.227 e. The summed E-state index contributed by atoms with van der Waals surface area (Å²) >= 11 is 0. The lowest BCUT2D eigenvalue weighted by Gasteiger charge is -2.36. The van der Waals surface area contributed by atoms with Crippen molar-refractivity contribution in [1.29, 1.82) is 0 Å². The van der Waals surface area contributed by atoms with Crippen LogP contribution in [-0.2, 0) is 22.5 Å². The van der Waals surface area contributed by atoms with Crippen LogP contribution in [0.15, 0.2) is 0 Å². The van der Waals surface area contributed by atoms with E-state index in [0.717, 1.165) is 37.7 Å². The van der Waals surface area contributed by atoms with Gasteiger partial charge in [0.25, 0.3) is 0 Å². The molecule has 1 amide bonds. The molecule has 1 aliphatic heterocycles. The fourth-order valence-electron chi connectivity index (χ4n) is 3.28. The lowest BCUT2D eigenvalue weighted by atomic mass is 10.0. The zero-order valence-electron chi connectivity index (χ0n) is 15.6. The number of anilines is 1. The second kappa shape index (κ2) is 9.72. The van der Waals surface area contributed by atoms with Gasteiger partial charge in [-0.1, -0.05) is 13.8 Å².